The van der Waals surface area contributed by atoms with E-state index in [4.69, 9.17) is 4.74 Å². The van der Waals surface area contributed by atoms with Gasteiger partial charge in [-0.1, -0.05) is 0 Å². The lowest BCUT2D eigenvalue weighted by Crippen LogP contribution is -2.30. The quantitative estimate of drug-likeness (QED) is 0.845. The smallest absolute Gasteiger partial charge is 0.378 e. The number of alkyl halides is 3. The minimum atomic E-state index is -4.45. The summed E-state index contributed by atoms with van der Waals surface area (Å²) >= 11 is 0. The molecule has 3 nitrogen and oxygen atoms in total. The molecule has 0 aromatic heterocycles. The first-order chi connectivity index (χ1) is 10.8. The van der Waals surface area contributed by atoms with Crippen molar-refractivity contribution in [2.24, 2.45) is 0 Å². The van der Waals surface area contributed by atoms with Crippen LogP contribution in [0.15, 0.2) is 12.1 Å². The average molecular weight is 327 g/mol. The van der Waals surface area contributed by atoms with Crippen LogP contribution in [0.5, 0.6) is 0 Å². The van der Waals surface area contributed by atoms with Crippen LogP contribution in [0.4, 0.5) is 13.2 Å². The molecule has 6 heteroatoms. The molecule has 2 aliphatic heterocycles. The van der Waals surface area contributed by atoms with Crippen LogP contribution in [0.3, 0.4) is 0 Å². The zero-order valence-corrected chi connectivity index (χ0v) is 13.2. The molecule has 126 valence electrons. The van der Waals surface area contributed by atoms with E-state index in [1.165, 1.54) is 11.0 Å². The van der Waals surface area contributed by atoms with Crippen LogP contribution in [0.25, 0.3) is 0 Å². The van der Waals surface area contributed by atoms with Gasteiger partial charge < -0.3 is 9.64 Å². The lowest BCUT2D eigenvalue weighted by atomic mass is 9.95. The molecule has 3 rings (SSSR count). The number of ether oxygens (including phenoxy) is 1. The number of carbonyl (C=O) groups is 1. The van der Waals surface area contributed by atoms with E-state index in [2.05, 4.69) is 0 Å². The molecule has 1 aromatic carbocycles. The van der Waals surface area contributed by atoms with E-state index in [9.17, 15) is 18.0 Å². The van der Waals surface area contributed by atoms with Crippen LogP contribution in [-0.4, -0.2) is 29.6 Å². The Hall–Kier alpha value is -1.56. The molecular weight excluding hydrogens is 307 g/mol. The van der Waals surface area contributed by atoms with Gasteiger partial charge in [-0.2, -0.15) is 13.2 Å². The lowest BCUT2D eigenvalue weighted by molar-refractivity contribution is -0.138. The third-order valence-electron chi connectivity index (χ3n) is 4.55. The number of fused-ring (bicyclic) bond motifs is 1. The van der Waals surface area contributed by atoms with Gasteiger partial charge in [-0.05, 0) is 56.4 Å². The van der Waals surface area contributed by atoms with Crippen molar-refractivity contribution >= 4 is 5.91 Å². The summed E-state index contributed by atoms with van der Waals surface area (Å²) in [6.45, 7) is 4.30. The predicted molar refractivity (Wildman–Crippen MR) is 79.1 cm³/mol. The maximum atomic E-state index is 13.4. The molecule has 1 amide bonds. The minimum Gasteiger partial charge on any atom is -0.378 e. The number of hydrogen-bond acceptors (Lipinski definition) is 2. The van der Waals surface area contributed by atoms with Crippen molar-refractivity contribution in [2.45, 2.75) is 58.0 Å². The zero-order valence-electron chi connectivity index (χ0n) is 13.2. The van der Waals surface area contributed by atoms with Crippen molar-refractivity contribution in [3.05, 3.63) is 34.4 Å². The van der Waals surface area contributed by atoms with Crippen molar-refractivity contribution in [3.63, 3.8) is 0 Å². The average Bonchev–Trinajstić information content (AvgIpc) is 3.06. The van der Waals surface area contributed by atoms with Gasteiger partial charge in [0.25, 0.3) is 5.91 Å². The third kappa shape index (κ3) is 3.09. The summed E-state index contributed by atoms with van der Waals surface area (Å²) in [6, 6.07) is 2.69. The van der Waals surface area contributed by atoms with E-state index in [1.807, 2.05) is 13.8 Å². The van der Waals surface area contributed by atoms with Gasteiger partial charge in [0.05, 0.1) is 11.7 Å². The van der Waals surface area contributed by atoms with Crippen molar-refractivity contribution in [2.75, 3.05) is 6.61 Å². The molecule has 0 aliphatic carbocycles. The highest BCUT2D eigenvalue weighted by Gasteiger charge is 2.40. The van der Waals surface area contributed by atoms with Crippen LogP contribution in [0.1, 0.15) is 53.7 Å². The number of carbonyl (C=O) groups excluding carboxylic acids is 1. The Morgan fingerprint density at radius 3 is 2.65 bits per heavy atom. The summed E-state index contributed by atoms with van der Waals surface area (Å²) in [5, 5.41) is 0. The Kier molecular flexibility index (Phi) is 4.12. The Balaban J connectivity index is 2.01. The SMILES string of the molecule is CC(C)N1Cc2c(cc(CC3CCCO3)cc2C(F)(F)F)C1=O. The summed E-state index contributed by atoms with van der Waals surface area (Å²) in [5.74, 6) is -0.310. The maximum Gasteiger partial charge on any atom is 0.416 e. The van der Waals surface area contributed by atoms with Crippen molar-refractivity contribution in [1.29, 1.82) is 0 Å². The first kappa shape index (κ1) is 16.3. The summed E-state index contributed by atoms with van der Waals surface area (Å²) in [5.41, 5.74) is 0.148. The molecule has 1 unspecified atom stereocenters. The van der Waals surface area contributed by atoms with Gasteiger partial charge in [0.15, 0.2) is 0 Å². The van der Waals surface area contributed by atoms with E-state index in [0.717, 1.165) is 12.8 Å². The molecular formula is C17H20F3NO2. The highest BCUT2D eigenvalue weighted by molar-refractivity contribution is 5.99. The molecule has 0 bridgehead atoms. The molecule has 1 saturated heterocycles. The number of halogens is 3. The number of hydrogen-bond donors (Lipinski definition) is 0. The molecule has 1 atom stereocenters. The van der Waals surface area contributed by atoms with E-state index >= 15 is 0 Å². The molecule has 0 saturated carbocycles. The number of benzene rings is 1. The van der Waals surface area contributed by atoms with E-state index in [0.29, 0.717) is 18.6 Å². The molecule has 23 heavy (non-hydrogen) atoms. The molecule has 0 N–H and O–H groups in total. The first-order valence-corrected chi connectivity index (χ1v) is 7.93. The lowest BCUT2D eigenvalue weighted by Gasteiger charge is -2.20. The standard InChI is InChI=1S/C17H20F3NO2/c1-10(2)21-9-14-13(16(21)22)7-11(6-12-4-3-5-23-12)8-15(14)17(18,19)20/h7-8,10,12H,3-6,9H2,1-2H3. The highest BCUT2D eigenvalue weighted by atomic mass is 19.4. The van der Waals surface area contributed by atoms with Gasteiger partial charge in [-0.3, -0.25) is 4.79 Å². The van der Waals surface area contributed by atoms with Gasteiger partial charge in [-0.15, -0.1) is 0 Å². The number of rotatable bonds is 3. The summed E-state index contributed by atoms with van der Waals surface area (Å²) < 4.78 is 45.8. The fourth-order valence-electron chi connectivity index (χ4n) is 3.35. The van der Waals surface area contributed by atoms with Gasteiger partial charge in [0.2, 0.25) is 0 Å². The fraction of sp³-hybridized carbons (Fsp3) is 0.588. The molecule has 0 radical (unpaired) electrons. The topological polar surface area (TPSA) is 29.5 Å². The van der Waals surface area contributed by atoms with E-state index < -0.39 is 11.7 Å². The largest absolute Gasteiger partial charge is 0.416 e. The third-order valence-corrected chi connectivity index (χ3v) is 4.55. The molecule has 2 aliphatic rings. The van der Waals surface area contributed by atoms with Crippen molar-refractivity contribution in [1.82, 2.24) is 4.90 Å². The first-order valence-electron chi connectivity index (χ1n) is 7.93. The Morgan fingerprint density at radius 1 is 1.35 bits per heavy atom. The van der Waals surface area contributed by atoms with Crippen LogP contribution in [-0.2, 0) is 23.9 Å². The summed E-state index contributed by atoms with van der Waals surface area (Å²) in [4.78, 5) is 13.9. The number of amides is 1. The Labute approximate surface area is 133 Å². The van der Waals surface area contributed by atoms with Crippen LogP contribution >= 0.6 is 0 Å². The molecule has 1 aromatic rings. The second-order valence-electron chi connectivity index (χ2n) is 6.53. The molecule has 0 spiro atoms. The van der Waals surface area contributed by atoms with Gasteiger partial charge in [0.1, 0.15) is 0 Å². The van der Waals surface area contributed by atoms with E-state index in [1.54, 1.807) is 6.07 Å². The maximum absolute atomic E-state index is 13.4. The Morgan fingerprint density at radius 2 is 2.09 bits per heavy atom. The molecule has 1 fully saturated rings. The molecule has 2 heterocycles. The van der Waals surface area contributed by atoms with Crippen molar-refractivity contribution in [3.8, 4) is 0 Å². The second kappa shape index (κ2) is 5.82. The zero-order chi connectivity index (χ0) is 16.8. The highest BCUT2D eigenvalue weighted by Crippen LogP contribution is 2.39. The van der Waals surface area contributed by atoms with Crippen LogP contribution < -0.4 is 0 Å². The normalized spacial score (nSPS) is 21.4. The predicted octanol–water partition coefficient (Wildman–Crippen LogP) is 3.79. The Bertz CT molecular complexity index is 619. The van der Waals surface area contributed by atoms with Gasteiger partial charge >= 0.3 is 6.18 Å². The van der Waals surface area contributed by atoms with Crippen LogP contribution in [0.2, 0.25) is 0 Å². The van der Waals surface area contributed by atoms with Crippen LogP contribution in [0, 0.1) is 0 Å². The summed E-state index contributed by atoms with van der Waals surface area (Å²) in [7, 11) is 0. The second-order valence-corrected chi connectivity index (χ2v) is 6.53. The van der Waals surface area contributed by atoms with Crippen molar-refractivity contribution < 1.29 is 22.7 Å². The van der Waals surface area contributed by atoms with Gasteiger partial charge in [0, 0.05) is 24.8 Å². The number of nitrogens with zero attached hydrogens (tertiary/aromatic N) is 1. The van der Waals surface area contributed by atoms with Gasteiger partial charge in [-0.25, -0.2) is 0 Å². The minimum absolute atomic E-state index is 0.0287. The monoisotopic (exact) mass is 327 g/mol. The van der Waals surface area contributed by atoms with E-state index in [-0.39, 0.29) is 35.7 Å². The summed E-state index contributed by atoms with van der Waals surface area (Å²) in [6.07, 6.45) is -2.30. The fourth-order valence-corrected chi connectivity index (χ4v) is 3.35.